The first-order valence-electron chi connectivity index (χ1n) is 15.6. The van der Waals surface area contributed by atoms with E-state index in [1.54, 1.807) is 17.0 Å². The molecule has 0 aliphatic carbocycles. The smallest absolute Gasteiger partial charge is 0.253 e. The molecule has 0 saturated carbocycles. The van der Waals surface area contributed by atoms with Gasteiger partial charge in [-0.1, -0.05) is 55.5 Å². The van der Waals surface area contributed by atoms with Crippen LogP contribution in [0.4, 0.5) is 0 Å². The average Bonchev–Trinajstić information content (AvgIpc) is 3.04. The standard InChI is InChI=1S/C36H42N4O5/c1-3-39(21-7-20-37-22-31(42)28-15-17-30(41)34-29(28)16-18-32(43)38-34)35(45)26-13-10-25(11-14-26)12-19-33(44)40-23-36(2,24-40)27-8-5-4-6-9-27/h4-6,8-11,13-18,31,37,41-42H,3,7,12,19-24H2,1-2H3,(H,38,43). The topological polar surface area (TPSA) is 126 Å². The third-order valence-corrected chi connectivity index (χ3v) is 8.79. The number of aromatic nitrogens is 1. The molecule has 1 atom stereocenters. The summed E-state index contributed by atoms with van der Waals surface area (Å²) < 4.78 is 0. The molecule has 1 aromatic heterocycles. The number of aromatic amines is 1. The molecule has 1 unspecified atom stereocenters. The van der Waals surface area contributed by atoms with Gasteiger partial charge in [0.1, 0.15) is 5.75 Å². The number of pyridine rings is 1. The molecule has 2 amide bonds. The summed E-state index contributed by atoms with van der Waals surface area (Å²) in [4.78, 5) is 43.9. The molecule has 9 nitrogen and oxygen atoms in total. The lowest BCUT2D eigenvalue weighted by Gasteiger charge is -2.48. The summed E-state index contributed by atoms with van der Waals surface area (Å²) >= 11 is 0. The molecule has 0 bridgehead atoms. The molecular formula is C36H42N4O5. The Labute approximate surface area is 263 Å². The van der Waals surface area contributed by atoms with Crippen molar-refractivity contribution < 1.29 is 19.8 Å². The molecule has 0 radical (unpaired) electrons. The number of carbonyl (C=O) groups excluding carboxylic acids is 2. The van der Waals surface area contributed by atoms with Crippen molar-refractivity contribution in [1.82, 2.24) is 20.1 Å². The third kappa shape index (κ3) is 7.44. The van der Waals surface area contributed by atoms with E-state index in [9.17, 15) is 24.6 Å². The van der Waals surface area contributed by atoms with E-state index >= 15 is 0 Å². The van der Waals surface area contributed by atoms with Crippen LogP contribution < -0.4 is 10.9 Å². The highest BCUT2D eigenvalue weighted by Gasteiger charge is 2.42. The predicted molar refractivity (Wildman–Crippen MR) is 175 cm³/mol. The number of phenols is 1. The monoisotopic (exact) mass is 610 g/mol. The first kappa shape index (κ1) is 31.9. The van der Waals surface area contributed by atoms with E-state index in [1.165, 1.54) is 17.7 Å². The number of nitrogens with one attached hydrogen (secondary N) is 2. The van der Waals surface area contributed by atoms with Gasteiger partial charge in [-0.2, -0.15) is 0 Å². The van der Waals surface area contributed by atoms with Crippen molar-refractivity contribution in [2.45, 2.75) is 44.6 Å². The minimum absolute atomic E-state index is 0.0219. The summed E-state index contributed by atoms with van der Waals surface area (Å²) in [6.45, 7) is 7.66. The molecule has 1 fully saturated rings. The van der Waals surface area contributed by atoms with Gasteiger partial charge in [0, 0.05) is 61.6 Å². The Balaban J connectivity index is 1.04. The minimum atomic E-state index is -0.836. The largest absolute Gasteiger partial charge is 0.506 e. The molecule has 45 heavy (non-hydrogen) atoms. The van der Waals surface area contributed by atoms with Crippen LogP contribution in [0.2, 0.25) is 0 Å². The Bertz CT molecular complexity index is 1680. The van der Waals surface area contributed by atoms with E-state index in [1.807, 2.05) is 54.3 Å². The van der Waals surface area contributed by atoms with E-state index in [0.717, 1.165) is 18.7 Å². The number of H-pyrrole nitrogens is 1. The molecule has 5 rings (SSSR count). The Morgan fingerprint density at radius 2 is 1.76 bits per heavy atom. The zero-order valence-electron chi connectivity index (χ0n) is 26.0. The van der Waals surface area contributed by atoms with E-state index in [0.29, 0.717) is 60.9 Å². The number of likely N-dealkylation sites (tertiary alicyclic amines) is 1. The van der Waals surface area contributed by atoms with Gasteiger partial charge in [0.2, 0.25) is 11.5 Å². The van der Waals surface area contributed by atoms with Crippen molar-refractivity contribution >= 4 is 22.7 Å². The van der Waals surface area contributed by atoms with Gasteiger partial charge < -0.3 is 30.3 Å². The molecule has 2 heterocycles. The van der Waals surface area contributed by atoms with Crippen molar-refractivity contribution in [3.8, 4) is 5.75 Å². The summed E-state index contributed by atoms with van der Waals surface area (Å²) in [6.07, 6.45) is 0.954. The molecule has 9 heteroatoms. The van der Waals surface area contributed by atoms with Crippen LogP contribution in [0.5, 0.6) is 5.75 Å². The fourth-order valence-electron chi connectivity index (χ4n) is 6.10. The first-order valence-corrected chi connectivity index (χ1v) is 15.6. The maximum atomic E-state index is 13.2. The number of rotatable bonds is 13. The quantitative estimate of drug-likeness (QED) is 0.169. The molecule has 4 aromatic rings. The van der Waals surface area contributed by atoms with Gasteiger partial charge in [-0.15, -0.1) is 0 Å². The number of amides is 2. The minimum Gasteiger partial charge on any atom is -0.506 e. The predicted octanol–water partition coefficient (Wildman–Crippen LogP) is 4.14. The van der Waals surface area contributed by atoms with Crippen LogP contribution in [0, 0.1) is 0 Å². The molecule has 1 aliphatic heterocycles. The lowest BCUT2D eigenvalue weighted by atomic mass is 9.75. The molecular weight excluding hydrogens is 568 g/mol. The zero-order valence-corrected chi connectivity index (χ0v) is 26.0. The third-order valence-electron chi connectivity index (χ3n) is 8.79. The molecule has 1 saturated heterocycles. The van der Waals surface area contributed by atoms with Crippen LogP contribution in [0.25, 0.3) is 10.9 Å². The van der Waals surface area contributed by atoms with Crippen LogP contribution in [0.1, 0.15) is 59.8 Å². The van der Waals surface area contributed by atoms with Gasteiger partial charge in [0.15, 0.2) is 0 Å². The maximum Gasteiger partial charge on any atom is 0.253 e. The molecule has 236 valence electrons. The number of hydrogen-bond acceptors (Lipinski definition) is 6. The van der Waals surface area contributed by atoms with Crippen molar-refractivity contribution in [1.29, 1.82) is 0 Å². The van der Waals surface area contributed by atoms with E-state index in [2.05, 4.69) is 29.4 Å². The van der Waals surface area contributed by atoms with Crippen LogP contribution in [-0.2, 0) is 16.6 Å². The van der Waals surface area contributed by atoms with E-state index in [4.69, 9.17) is 0 Å². The van der Waals surface area contributed by atoms with E-state index < -0.39 is 6.10 Å². The zero-order chi connectivity index (χ0) is 32.0. The number of aromatic hydroxyl groups is 1. The van der Waals surface area contributed by atoms with Crippen molar-refractivity contribution in [3.63, 3.8) is 0 Å². The van der Waals surface area contributed by atoms with Crippen molar-refractivity contribution in [2.75, 3.05) is 39.3 Å². The van der Waals surface area contributed by atoms with Gasteiger partial charge in [0.25, 0.3) is 5.91 Å². The lowest BCUT2D eigenvalue weighted by molar-refractivity contribution is -0.138. The molecule has 0 spiro atoms. The number of nitrogens with zero attached hydrogens (tertiary/aromatic N) is 2. The van der Waals surface area contributed by atoms with Gasteiger partial charge in [0.05, 0.1) is 11.6 Å². The fourth-order valence-corrected chi connectivity index (χ4v) is 6.10. The van der Waals surface area contributed by atoms with Crippen LogP contribution in [0.3, 0.4) is 0 Å². The lowest BCUT2D eigenvalue weighted by Crippen LogP contribution is -2.59. The SMILES string of the molecule is CCN(CCCNCC(O)c1ccc(O)c2[nH]c(=O)ccc12)C(=O)c1ccc(CCC(=O)N2CC(C)(c3ccccc3)C2)cc1. The summed E-state index contributed by atoms with van der Waals surface area (Å²) in [5.74, 6) is 0.0786. The first-order chi connectivity index (χ1) is 21.7. The summed E-state index contributed by atoms with van der Waals surface area (Å²) in [7, 11) is 0. The van der Waals surface area contributed by atoms with Gasteiger partial charge in [-0.3, -0.25) is 14.4 Å². The number of carbonyl (C=O) groups is 2. The number of hydrogen-bond donors (Lipinski definition) is 4. The Hall–Kier alpha value is -4.47. The molecule has 3 aromatic carbocycles. The molecule has 1 aliphatic rings. The summed E-state index contributed by atoms with van der Waals surface area (Å²) in [5.41, 5.74) is 3.53. The number of fused-ring (bicyclic) bond motifs is 1. The summed E-state index contributed by atoms with van der Waals surface area (Å²) in [6, 6.07) is 24.0. The van der Waals surface area contributed by atoms with Gasteiger partial charge >= 0.3 is 0 Å². The molecule has 4 N–H and O–H groups in total. The second-order valence-corrected chi connectivity index (χ2v) is 12.1. The van der Waals surface area contributed by atoms with Crippen LogP contribution in [0.15, 0.2) is 83.7 Å². The Kier molecular flexibility index (Phi) is 10.0. The number of phenolic OH excluding ortho intramolecular Hbond substituents is 1. The normalized spacial score (nSPS) is 14.6. The highest BCUT2D eigenvalue weighted by Crippen LogP contribution is 2.34. The number of benzene rings is 3. The van der Waals surface area contributed by atoms with Crippen molar-refractivity contribution in [2.24, 2.45) is 0 Å². The Morgan fingerprint density at radius 3 is 2.47 bits per heavy atom. The van der Waals surface area contributed by atoms with Gasteiger partial charge in [-0.25, -0.2) is 0 Å². The highest BCUT2D eigenvalue weighted by atomic mass is 16.3. The average molecular weight is 611 g/mol. The summed E-state index contributed by atoms with van der Waals surface area (Å²) in [5, 5.41) is 24.6. The van der Waals surface area contributed by atoms with Crippen LogP contribution >= 0.6 is 0 Å². The highest BCUT2D eigenvalue weighted by molar-refractivity contribution is 5.94. The maximum absolute atomic E-state index is 13.2. The fraction of sp³-hybridized carbons (Fsp3) is 0.361. The Morgan fingerprint density at radius 1 is 1.02 bits per heavy atom. The van der Waals surface area contributed by atoms with Crippen LogP contribution in [-0.4, -0.2) is 76.1 Å². The number of aliphatic hydroxyl groups excluding tert-OH is 1. The second-order valence-electron chi connectivity index (χ2n) is 12.1. The van der Waals surface area contributed by atoms with Crippen molar-refractivity contribution in [3.05, 3.63) is 111 Å². The van der Waals surface area contributed by atoms with E-state index in [-0.39, 0.29) is 35.1 Å². The number of aryl methyl sites for hydroxylation is 1. The second kappa shape index (κ2) is 14.1. The number of aliphatic hydroxyl groups is 1. The van der Waals surface area contributed by atoms with Gasteiger partial charge in [-0.05, 0) is 67.3 Å².